The van der Waals surface area contributed by atoms with Crippen LogP contribution in [0.4, 0.5) is 10.2 Å². The van der Waals surface area contributed by atoms with Crippen LogP contribution in [0.1, 0.15) is 19.9 Å². The van der Waals surface area contributed by atoms with Gasteiger partial charge < -0.3 is 5.32 Å². The molecule has 0 saturated carbocycles. The number of rotatable bonds is 6. The Morgan fingerprint density at radius 3 is 2.75 bits per heavy atom. The molecule has 0 aliphatic carbocycles. The van der Waals surface area contributed by atoms with E-state index >= 15 is 0 Å². The number of carbonyl (C=O) groups excluding carboxylic acids is 1. The topological polar surface area (TPSA) is 81.8 Å². The predicted molar refractivity (Wildman–Crippen MR) is 124 cm³/mol. The first-order chi connectivity index (χ1) is 15.3. The minimum Gasteiger partial charge on any atom is -0.310 e. The monoisotopic (exact) mass is 471 g/mol. The summed E-state index contributed by atoms with van der Waals surface area (Å²) in [5, 5.41) is 7.61. The summed E-state index contributed by atoms with van der Waals surface area (Å²) in [7, 11) is 0. The zero-order chi connectivity index (χ0) is 22.8. The minimum atomic E-state index is -0.590. The second-order valence-corrected chi connectivity index (χ2v) is 8.59. The fraction of sp³-hybridized carbons (Fsp3) is 0.182. The van der Waals surface area contributed by atoms with Crippen molar-refractivity contribution >= 4 is 46.0 Å². The first kappa shape index (κ1) is 22.0. The van der Waals surface area contributed by atoms with E-state index in [1.54, 1.807) is 41.2 Å². The summed E-state index contributed by atoms with van der Waals surface area (Å²) < 4.78 is 16.7. The van der Waals surface area contributed by atoms with Crippen molar-refractivity contribution in [1.29, 1.82) is 0 Å². The lowest BCUT2D eigenvalue weighted by Gasteiger charge is -2.14. The van der Waals surface area contributed by atoms with Crippen LogP contribution in [0.3, 0.4) is 0 Å². The van der Waals surface area contributed by atoms with Gasteiger partial charge in [-0.2, -0.15) is 5.10 Å². The molecule has 164 valence electrons. The van der Waals surface area contributed by atoms with E-state index in [4.69, 9.17) is 11.6 Å². The largest absolute Gasteiger partial charge is 0.310 e. The molecular weight excluding hydrogens is 453 g/mol. The lowest BCUT2D eigenvalue weighted by molar-refractivity contribution is -0.113. The van der Waals surface area contributed by atoms with Crippen LogP contribution < -0.4 is 10.9 Å². The molecule has 4 rings (SSSR count). The van der Waals surface area contributed by atoms with Crippen LogP contribution >= 0.6 is 23.4 Å². The van der Waals surface area contributed by atoms with E-state index < -0.39 is 5.82 Å². The molecule has 1 amide bonds. The first-order valence-electron chi connectivity index (χ1n) is 9.78. The molecule has 0 radical (unpaired) electrons. The first-order valence-corrected chi connectivity index (χ1v) is 11.1. The Morgan fingerprint density at radius 1 is 1.22 bits per heavy atom. The fourth-order valence-corrected chi connectivity index (χ4v) is 4.18. The molecule has 1 N–H and O–H groups in total. The van der Waals surface area contributed by atoms with Gasteiger partial charge in [-0.05, 0) is 44.2 Å². The molecule has 2 aromatic carbocycles. The van der Waals surface area contributed by atoms with Crippen molar-refractivity contribution in [1.82, 2.24) is 19.3 Å². The Balaban J connectivity index is 1.68. The number of thioether (sulfide) groups is 1. The van der Waals surface area contributed by atoms with Crippen molar-refractivity contribution in [2.24, 2.45) is 0 Å². The number of hydrogen-bond acceptors (Lipinski definition) is 5. The fourth-order valence-electron chi connectivity index (χ4n) is 3.19. The van der Waals surface area contributed by atoms with Crippen molar-refractivity contribution in [3.8, 4) is 5.69 Å². The summed E-state index contributed by atoms with van der Waals surface area (Å²) in [6.07, 6.45) is 1.61. The molecule has 0 aliphatic heterocycles. The third-order valence-electron chi connectivity index (χ3n) is 4.67. The van der Waals surface area contributed by atoms with E-state index in [0.717, 1.165) is 11.8 Å². The number of amides is 1. The molecule has 10 heteroatoms. The van der Waals surface area contributed by atoms with E-state index in [2.05, 4.69) is 15.4 Å². The summed E-state index contributed by atoms with van der Waals surface area (Å²) in [6, 6.07) is 12.7. The molecule has 0 saturated heterocycles. The van der Waals surface area contributed by atoms with Gasteiger partial charge in [0.15, 0.2) is 5.16 Å². The molecular formula is C22H19ClFN5O2S. The van der Waals surface area contributed by atoms with E-state index in [1.165, 1.54) is 22.8 Å². The molecule has 32 heavy (non-hydrogen) atoms. The lowest BCUT2D eigenvalue weighted by Crippen LogP contribution is -2.23. The molecule has 7 nitrogen and oxygen atoms in total. The highest BCUT2D eigenvalue weighted by atomic mass is 35.5. The molecule has 2 aromatic heterocycles. The van der Waals surface area contributed by atoms with Crippen molar-refractivity contribution in [2.75, 3.05) is 11.1 Å². The van der Waals surface area contributed by atoms with Crippen molar-refractivity contribution < 1.29 is 9.18 Å². The Bertz CT molecular complexity index is 1370. The van der Waals surface area contributed by atoms with Gasteiger partial charge in [-0.25, -0.2) is 14.1 Å². The maximum atomic E-state index is 13.7. The highest BCUT2D eigenvalue weighted by Gasteiger charge is 2.17. The normalized spacial score (nSPS) is 11.3. The van der Waals surface area contributed by atoms with Crippen LogP contribution in [-0.2, 0) is 4.79 Å². The van der Waals surface area contributed by atoms with Gasteiger partial charge in [0, 0.05) is 12.1 Å². The smallest absolute Gasteiger partial charge is 0.266 e. The maximum absolute atomic E-state index is 13.7. The minimum absolute atomic E-state index is 0.00296. The summed E-state index contributed by atoms with van der Waals surface area (Å²) in [6.45, 7) is 3.92. The third kappa shape index (κ3) is 4.39. The number of nitrogens with one attached hydrogen (secondary N) is 1. The summed E-state index contributed by atoms with van der Waals surface area (Å²) in [4.78, 5) is 30.4. The average molecular weight is 472 g/mol. The van der Waals surface area contributed by atoms with Crippen molar-refractivity contribution in [3.05, 3.63) is 75.9 Å². The lowest BCUT2D eigenvalue weighted by atomic mass is 10.2. The molecule has 0 unspecified atom stereocenters. The quantitative estimate of drug-likeness (QED) is 0.326. The van der Waals surface area contributed by atoms with Gasteiger partial charge in [-0.15, -0.1) is 0 Å². The van der Waals surface area contributed by atoms with E-state index in [1.807, 2.05) is 13.8 Å². The maximum Gasteiger partial charge on any atom is 0.266 e. The predicted octanol–water partition coefficient (Wildman–Crippen LogP) is 4.69. The summed E-state index contributed by atoms with van der Waals surface area (Å²) in [5.74, 6) is -0.279. The summed E-state index contributed by atoms with van der Waals surface area (Å²) >= 11 is 7.04. The molecule has 2 heterocycles. The van der Waals surface area contributed by atoms with Crippen LogP contribution in [0, 0.1) is 5.82 Å². The Labute approximate surface area is 192 Å². The number of carbonyl (C=O) groups is 1. The zero-order valence-electron chi connectivity index (χ0n) is 17.3. The van der Waals surface area contributed by atoms with Gasteiger partial charge in [0.2, 0.25) is 5.91 Å². The van der Waals surface area contributed by atoms with Crippen LogP contribution in [0.5, 0.6) is 0 Å². The number of aromatic nitrogens is 4. The van der Waals surface area contributed by atoms with Gasteiger partial charge in [-0.1, -0.05) is 35.5 Å². The van der Waals surface area contributed by atoms with Gasteiger partial charge >= 0.3 is 0 Å². The third-order valence-corrected chi connectivity index (χ3v) is 5.89. The highest BCUT2D eigenvalue weighted by molar-refractivity contribution is 7.99. The standard InChI is InChI=1S/C22H19ClFN5O2S/c1-13(2)29-19(9-10-25-29)27-20(30)12-32-22-26-18-6-4-3-5-15(18)21(31)28(22)14-7-8-17(24)16(23)11-14/h3-11,13H,12H2,1-2H3,(H,27,30). The van der Waals surface area contributed by atoms with E-state index in [-0.39, 0.29) is 28.3 Å². The average Bonchev–Trinajstić information content (AvgIpc) is 3.23. The Hall–Kier alpha value is -3.17. The molecule has 0 bridgehead atoms. The van der Waals surface area contributed by atoms with Crippen LogP contribution in [0.2, 0.25) is 5.02 Å². The number of nitrogens with zero attached hydrogens (tertiary/aromatic N) is 4. The molecule has 0 spiro atoms. The SMILES string of the molecule is CC(C)n1nccc1NC(=O)CSc1nc2ccccc2c(=O)n1-c1ccc(F)c(Cl)c1. The van der Waals surface area contributed by atoms with E-state index in [9.17, 15) is 14.0 Å². The van der Waals surface area contributed by atoms with Crippen LogP contribution in [0.25, 0.3) is 16.6 Å². The number of para-hydroxylation sites is 1. The number of fused-ring (bicyclic) bond motifs is 1. The number of benzene rings is 2. The van der Waals surface area contributed by atoms with Crippen LogP contribution in [0.15, 0.2) is 64.7 Å². The number of hydrogen-bond donors (Lipinski definition) is 1. The van der Waals surface area contributed by atoms with Gasteiger partial charge in [0.25, 0.3) is 5.56 Å². The van der Waals surface area contributed by atoms with Gasteiger partial charge in [-0.3, -0.25) is 14.2 Å². The van der Waals surface area contributed by atoms with Crippen molar-refractivity contribution in [3.63, 3.8) is 0 Å². The second kappa shape index (κ2) is 9.13. The van der Waals surface area contributed by atoms with Crippen molar-refractivity contribution in [2.45, 2.75) is 25.0 Å². The Kier molecular flexibility index (Phi) is 6.29. The molecule has 0 aliphatic rings. The summed E-state index contributed by atoms with van der Waals surface area (Å²) in [5.41, 5.74) is 0.530. The van der Waals surface area contributed by atoms with E-state index in [0.29, 0.717) is 27.6 Å². The van der Waals surface area contributed by atoms with Crippen LogP contribution in [-0.4, -0.2) is 31.0 Å². The number of anilines is 1. The highest BCUT2D eigenvalue weighted by Crippen LogP contribution is 2.24. The Morgan fingerprint density at radius 2 is 2.00 bits per heavy atom. The molecule has 0 atom stereocenters. The van der Waals surface area contributed by atoms with Gasteiger partial charge in [0.05, 0.1) is 33.6 Å². The molecule has 4 aromatic rings. The zero-order valence-corrected chi connectivity index (χ0v) is 18.8. The molecule has 0 fully saturated rings. The second-order valence-electron chi connectivity index (χ2n) is 7.24. The number of halogens is 2. The van der Waals surface area contributed by atoms with Gasteiger partial charge in [0.1, 0.15) is 11.6 Å².